The number of rotatable bonds is 3. The van der Waals surface area contributed by atoms with E-state index in [1.165, 1.54) is 0 Å². The van der Waals surface area contributed by atoms with E-state index in [4.69, 9.17) is 10.9 Å². The summed E-state index contributed by atoms with van der Waals surface area (Å²) in [5.74, 6) is 0.279. The van der Waals surface area contributed by atoms with Gasteiger partial charge in [-0.1, -0.05) is 5.16 Å². The van der Waals surface area contributed by atoms with Gasteiger partial charge < -0.3 is 15.8 Å². The number of nitrogens with two attached hydrogens (primary N) is 1. The van der Waals surface area contributed by atoms with Crippen LogP contribution in [-0.4, -0.2) is 36.1 Å². The largest absolute Gasteiger partial charge is 0.409 e. The van der Waals surface area contributed by atoms with Gasteiger partial charge in [0.2, 0.25) is 0 Å². The third-order valence-corrected chi connectivity index (χ3v) is 1.51. The van der Waals surface area contributed by atoms with Crippen LogP contribution in [0.15, 0.2) is 5.16 Å². The molecule has 0 aliphatic rings. The molecule has 0 aliphatic heterocycles. The molecule has 3 N–H and O–H groups in total. The fourth-order valence-electron chi connectivity index (χ4n) is 0.526. The standard InChI is InChI=1S/C6H15N3O/c1-5(9(2)3)4-6(7)8-10/h5,10H,4H2,1-3H3,(H2,7,8)/t5-/m0/s1. The molecule has 0 bridgehead atoms. The molecular weight excluding hydrogens is 130 g/mol. The Labute approximate surface area is 61.3 Å². The molecule has 0 aliphatic carbocycles. The quantitative estimate of drug-likeness (QED) is 0.256. The van der Waals surface area contributed by atoms with Crippen molar-refractivity contribution < 1.29 is 5.21 Å². The lowest BCUT2D eigenvalue weighted by atomic mass is 10.2. The molecule has 4 nitrogen and oxygen atoms in total. The van der Waals surface area contributed by atoms with E-state index in [2.05, 4.69) is 5.16 Å². The number of nitrogens with zero attached hydrogens (tertiary/aromatic N) is 2. The molecule has 0 saturated carbocycles. The zero-order valence-corrected chi connectivity index (χ0v) is 6.70. The molecule has 10 heavy (non-hydrogen) atoms. The van der Waals surface area contributed by atoms with Crippen molar-refractivity contribution in [3.63, 3.8) is 0 Å². The Kier molecular flexibility index (Phi) is 3.79. The van der Waals surface area contributed by atoms with Crippen molar-refractivity contribution in [2.24, 2.45) is 10.9 Å². The minimum absolute atomic E-state index is 0.279. The van der Waals surface area contributed by atoms with Crippen LogP contribution in [-0.2, 0) is 0 Å². The van der Waals surface area contributed by atoms with E-state index in [0.29, 0.717) is 12.5 Å². The second-order valence-corrected chi connectivity index (χ2v) is 2.61. The predicted octanol–water partition coefficient (Wildman–Crippen LogP) is 0.0730. The Morgan fingerprint density at radius 3 is 2.50 bits per heavy atom. The second kappa shape index (κ2) is 4.11. The summed E-state index contributed by atoms with van der Waals surface area (Å²) in [5.41, 5.74) is 5.28. The summed E-state index contributed by atoms with van der Waals surface area (Å²) in [4.78, 5) is 2.01. The van der Waals surface area contributed by atoms with Gasteiger partial charge >= 0.3 is 0 Å². The van der Waals surface area contributed by atoms with Gasteiger partial charge in [0.1, 0.15) is 5.84 Å². The van der Waals surface area contributed by atoms with Gasteiger partial charge in [0.25, 0.3) is 0 Å². The first-order valence-electron chi connectivity index (χ1n) is 3.20. The Morgan fingerprint density at radius 1 is 1.70 bits per heavy atom. The normalized spacial score (nSPS) is 15.8. The Hall–Kier alpha value is -0.770. The maximum absolute atomic E-state index is 8.21. The van der Waals surface area contributed by atoms with Gasteiger partial charge in [-0.05, 0) is 21.0 Å². The van der Waals surface area contributed by atoms with E-state index < -0.39 is 0 Å². The van der Waals surface area contributed by atoms with E-state index in [9.17, 15) is 0 Å². The SMILES string of the molecule is C[C@@H](C/C(N)=N/O)N(C)C. The van der Waals surface area contributed by atoms with E-state index in [1.807, 2.05) is 25.9 Å². The minimum atomic E-state index is 0.279. The van der Waals surface area contributed by atoms with Crippen molar-refractivity contribution >= 4 is 5.84 Å². The average molecular weight is 145 g/mol. The predicted molar refractivity (Wildman–Crippen MR) is 41.2 cm³/mol. The van der Waals surface area contributed by atoms with Gasteiger partial charge in [-0.15, -0.1) is 0 Å². The van der Waals surface area contributed by atoms with Crippen molar-refractivity contribution in [3.05, 3.63) is 0 Å². The summed E-state index contributed by atoms with van der Waals surface area (Å²) in [6, 6.07) is 0.316. The van der Waals surface area contributed by atoms with Crippen molar-refractivity contribution in [1.29, 1.82) is 0 Å². The number of amidine groups is 1. The van der Waals surface area contributed by atoms with Gasteiger partial charge in [0.05, 0.1) is 0 Å². The van der Waals surface area contributed by atoms with E-state index >= 15 is 0 Å². The van der Waals surface area contributed by atoms with Gasteiger partial charge in [0, 0.05) is 12.5 Å². The van der Waals surface area contributed by atoms with E-state index in [1.54, 1.807) is 0 Å². The highest BCUT2D eigenvalue weighted by atomic mass is 16.4. The lowest BCUT2D eigenvalue weighted by Gasteiger charge is -2.18. The highest BCUT2D eigenvalue weighted by Gasteiger charge is 2.05. The molecule has 0 aromatic heterocycles. The van der Waals surface area contributed by atoms with Gasteiger partial charge in [-0.2, -0.15) is 0 Å². The topological polar surface area (TPSA) is 61.9 Å². The molecule has 1 atom stereocenters. The molecule has 0 unspecified atom stereocenters. The molecule has 0 radical (unpaired) electrons. The molecule has 0 aromatic carbocycles. The summed E-state index contributed by atoms with van der Waals surface area (Å²) < 4.78 is 0. The molecule has 60 valence electrons. The monoisotopic (exact) mass is 145 g/mol. The van der Waals surface area contributed by atoms with Crippen molar-refractivity contribution in [2.45, 2.75) is 19.4 Å². The van der Waals surface area contributed by atoms with Gasteiger partial charge in [-0.25, -0.2) is 0 Å². The zero-order valence-electron chi connectivity index (χ0n) is 6.70. The molecule has 0 saturated heterocycles. The Morgan fingerprint density at radius 2 is 2.20 bits per heavy atom. The first kappa shape index (κ1) is 9.23. The van der Waals surface area contributed by atoms with Crippen LogP contribution in [0.3, 0.4) is 0 Å². The molecular formula is C6H15N3O. The first-order chi connectivity index (χ1) is 4.57. The second-order valence-electron chi connectivity index (χ2n) is 2.61. The molecule has 0 spiro atoms. The van der Waals surface area contributed by atoms with Crippen LogP contribution in [0.5, 0.6) is 0 Å². The average Bonchev–Trinajstić information content (AvgIpc) is 1.87. The first-order valence-corrected chi connectivity index (χ1v) is 3.20. The lowest BCUT2D eigenvalue weighted by Crippen LogP contribution is -2.30. The van der Waals surface area contributed by atoms with Crippen LogP contribution >= 0.6 is 0 Å². The summed E-state index contributed by atoms with van der Waals surface area (Å²) >= 11 is 0. The number of oxime groups is 1. The molecule has 0 rings (SSSR count). The third kappa shape index (κ3) is 3.29. The number of hydrogen-bond acceptors (Lipinski definition) is 3. The van der Waals surface area contributed by atoms with Crippen LogP contribution in [0.1, 0.15) is 13.3 Å². The van der Waals surface area contributed by atoms with E-state index in [-0.39, 0.29) is 5.84 Å². The molecule has 0 amide bonds. The van der Waals surface area contributed by atoms with Crippen molar-refractivity contribution in [1.82, 2.24) is 4.90 Å². The highest BCUT2D eigenvalue weighted by Crippen LogP contribution is 1.96. The Balaban J connectivity index is 3.68. The fraction of sp³-hybridized carbons (Fsp3) is 0.833. The zero-order chi connectivity index (χ0) is 8.15. The number of hydrogen-bond donors (Lipinski definition) is 2. The van der Waals surface area contributed by atoms with Crippen LogP contribution in [0.2, 0.25) is 0 Å². The van der Waals surface area contributed by atoms with Crippen molar-refractivity contribution in [3.8, 4) is 0 Å². The van der Waals surface area contributed by atoms with Crippen LogP contribution in [0.4, 0.5) is 0 Å². The van der Waals surface area contributed by atoms with Gasteiger partial charge in [0.15, 0.2) is 0 Å². The van der Waals surface area contributed by atoms with Crippen LogP contribution in [0, 0.1) is 0 Å². The molecule has 0 fully saturated rings. The van der Waals surface area contributed by atoms with Crippen LogP contribution in [0.25, 0.3) is 0 Å². The maximum atomic E-state index is 8.21. The Bertz CT molecular complexity index is 122. The van der Waals surface area contributed by atoms with Crippen molar-refractivity contribution in [2.75, 3.05) is 14.1 Å². The summed E-state index contributed by atoms with van der Waals surface area (Å²) in [6.07, 6.45) is 0.601. The highest BCUT2D eigenvalue weighted by molar-refractivity contribution is 5.80. The van der Waals surface area contributed by atoms with E-state index in [0.717, 1.165) is 0 Å². The maximum Gasteiger partial charge on any atom is 0.140 e. The third-order valence-electron chi connectivity index (χ3n) is 1.51. The van der Waals surface area contributed by atoms with Crippen LogP contribution < -0.4 is 5.73 Å². The molecule has 0 aromatic rings. The fourth-order valence-corrected chi connectivity index (χ4v) is 0.526. The summed E-state index contributed by atoms with van der Waals surface area (Å²) in [7, 11) is 3.91. The molecule has 4 heteroatoms. The molecule has 0 heterocycles. The smallest absolute Gasteiger partial charge is 0.140 e. The summed E-state index contributed by atoms with van der Waals surface area (Å²) in [6.45, 7) is 2.01. The van der Waals surface area contributed by atoms with Gasteiger partial charge in [-0.3, -0.25) is 0 Å². The minimum Gasteiger partial charge on any atom is -0.409 e. The summed E-state index contributed by atoms with van der Waals surface area (Å²) in [5, 5.41) is 11.1. The lowest BCUT2D eigenvalue weighted by molar-refractivity contribution is 0.301.